The van der Waals surface area contributed by atoms with Crippen LogP contribution in [0.4, 0.5) is 0 Å². The minimum absolute atomic E-state index is 0. The average molecular weight is 301 g/mol. The molecule has 0 bridgehead atoms. The van der Waals surface area contributed by atoms with Gasteiger partial charge in [0.15, 0.2) is 0 Å². The maximum atomic E-state index is 8.56. The number of nitrogens with zero attached hydrogens (tertiary/aromatic N) is 1. The van der Waals surface area contributed by atoms with Gasteiger partial charge in [-0.2, -0.15) is 0 Å². The van der Waals surface area contributed by atoms with Gasteiger partial charge in [-0.25, -0.2) is 18.7 Å². The van der Waals surface area contributed by atoms with Crippen LogP contribution >= 0.6 is 0 Å². The van der Waals surface area contributed by atoms with E-state index in [2.05, 4.69) is 0 Å². The molecule has 0 aliphatic rings. The monoisotopic (exact) mass is 301 g/mol. The standard InChI is InChI=1S/C6H15NO6.Na.H2O3S/c8-1-4-11-7(12-5-2-9)13-6-3-10;;1-4(2)3/h8-10H,1-6H2;;(H2,1,2,3)/q;+1;/p-1. The number of hydrogen-bond donors (Lipinski definition) is 4. The molecule has 0 saturated heterocycles. The van der Waals surface area contributed by atoms with Crippen molar-refractivity contribution in [1.82, 2.24) is 5.39 Å². The van der Waals surface area contributed by atoms with Crippen LogP contribution in [0.25, 0.3) is 0 Å². The Labute approximate surface area is 129 Å². The van der Waals surface area contributed by atoms with Crippen LogP contribution in [0.1, 0.15) is 0 Å². The van der Waals surface area contributed by atoms with E-state index in [1.54, 1.807) is 0 Å². The first-order valence-electron chi connectivity index (χ1n) is 4.38. The van der Waals surface area contributed by atoms with E-state index in [0.717, 1.165) is 0 Å². The molecule has 18 heavy (non-hydrogen) atoms. The SMILES string of the molecule is O=S([O-])O.OCCON(OCCO)OCCO.[Na+]. The van der Waals surface area contributed by atoms with Crippen molar-refractivity contribution < 1.29 is 72.7 Å². The van der Waals surface area contributed by atoms with Crippen LogP contribution in [0, 0.1) is 0 Å². The molecule has 0 spiro atoms. The van der Waals surface area contributed by atoms with Crippen LogP contribution in [0.3, 0.4) is 0 Å². The zero-order valence-electron chi connectivity index (χ0n) is 9.93. The van der Waals surface area contributed by atoms with E-state index in [1.807, 2.05) is 0 Å². The Morgan fingerprint density at radius 2 is 1.17 bits per heavy atom. The Hall–Kier alpha value is 0.790. The third-order valence-corrected chi connectivity index (χ3v) is 0.864. The first-order chi connectivity index (χ1) is 8.08. The minimum Gasteiger partial charge on any atom is -0.750 e. The third-order valence-electron chi connectivity index (χ3n) is 0.864. The van der Waals surface area contributed by atoms with Gasteiger partial charge in [-0.15, -0.1) is 0 Å². The zero-order chi connectivity index (χ0) is 13.5. The van der Waals surface area contributed by atoms with Crippen molar-refractivity contribution in [2.75, 3.05) is 39.6 Å². The Morgan fingerprint density at radius 1 is 0.944 bits per heavy atom. The van der Waals surface area contributed by atoms with Gasteiger partial charge in [-0.1, -0.05) is 0 Å². The fraction of sp³-hybridized carbons (Fsp3) is 1.00. The van der Waals surface area contributed by atoms with Gasteiger partial charge < -0.3 is 24.4 Å². The second-order valence-electron chi connectivity index (χ2n) is 2.11. The smallest absolute Gasteiger partial charge is 0.750 e. The molecule has 0 saturated carbocycles. The molecular formula is C6H16NNaO9S. The molecule has 106 valence electrons. The molecule has 0 aromatic rings. The van der Waals surface area contributed by atoms with Crippen molar-refractivity contribution in [3.63, 3.8) is 0 Å². The largest absolute Gasteiger partial charge is 1.00 e. The van der Waals surface area contributed by atoms with E-state index in [1.165, 1.54) is 0 Å². The first kappa shape index (κ1) is 23.9. The topological polar surface area (TPSA) is 152 Å². The third kappa shape index (κ3) is 25.6. The maximum absolute atomic E-state index is 8.56. The van der Waals surface area contributed by atoms with Crippen molar-refractivity contribution in [2.45, 2.75) is 0 Å². The molecule has 0 aromatic carbocycles. The Kier molecular flexibility index (Phi) is 26.7. The van der Waals surface area contributed by atoms with Crippen LogP contribution in [-0.4, -0.2) is 73.7 Å². The van der Waals surface area contributed by atoms with Crippen molar-refractivity contribution in [3.05, 3.63) is 0 Å². The molecule has 0 aliphatic carbocycles. The van der Waals surface area contributed by atoms with Gasteiger partial charge in [-0.3, -0.25) is 0 Å². The zero-order valence-corrected chi connectivity index (χ0v) is 12.7. The van der Waals surface area contributed by atoms with Crippen molar-refractivity contribution in [1.29, 1.82) is 0 Å². The molecule has 12 heteroatoms. The van der Waals surface area contributed by atoms with E-state index < -0.39 is 11.4 Å². The summed E-state index contributed by atoms with van der Waals surface area (Å²) in [5.74, 6) is 0. The Balaban J connectivity index is -0.000000392. The van der Waals surface area contributed by atoms with E-state index in [9.17, 15) is 0 Å². The number of rotatable bonds is 9. The van der Waals surface area contributed by atoms with E-state index >= 15 is 0 Å². The number of hydrogen-bond acceptors (Lipinski definition) is 9. The molecule has 1 unspecified atom stereocenters. The Morgan fingerprint density at radius 3 is 1.33 bits per heavy atom. The van der Waals surface area contributed by atoms with Crippen molar-refractivity contribution in [3.8, 4) is 0 Å². The molecule has 4 N–H and O–H groups in total. The molecule has 0 aromatic heterocycles. The average Bonchev–Trinajstić information content (AvgIpc) is 2.27. The fourth-order valence-electron chi connectivity index (χ4n) is 0.458. The molecule has 0 rings (SSSR count). The number of aliphatic hydroxyl groups is 3. The molecule has 0 fully saturated rings. The van der Waals surface area contributed by atoms with Crippen molar-refractivity contribution in [2.24, 2.45) is 0 Å². The van der Waals surface area contributed by atoms with Gasteiger partial charge >= 0.3 is 29.6 Å². The predicted molar refractivity (Wildman–Crippen MR) is 52.5 cm³/mol. The summed E-state index contributed by atoms with van der Waals surface area (Å²) in [6, 6.07) is 0. The predicted octanol–water partition coefficient (Wildman–Crippen LogP) is -5.60. The maximum Gasteiger partial charge on any atom is 1.00 e. The van der Waals surface area contributed by atoms with Gasteiger partial charge in [0.2, 0.25) is 0 Å². The molecule has 0 heterocycles. The molecule has 0 aliphatic heterocycles. The van der Waals surface area contributed by atoms with Gasteiger partial charge in [0, 0.05) is 0 Å². The van der Waals surface area contributed by atoms with Gasteiger partial charge in [-0.05, 0) is 0 Å². The van der Waals surface area contributed by atoms with Crippen LogP contribution in [0.15, 0.2) is 0 Å². The quantitative estimate of drug-likeness (QED) is 0.184. The van der Waals surface area contributed by atoms with Crippen LogP contribution in [0.5, 0.6) is 0 Å². The first-order valence-corrected chi connectivity index (χ1v) is 5.41. The molecule has 1 atom stereocenters. The van der Waals surface area contributed by atoms with E-state index in [-0.39, 0.29) is 69.2 Å². The summed E-state index contributed by atoms with van der Waals surface area (Å²) >= 11 is -2.86. The van der Waals surface area contributed by atoms with Crippen LogP contribution < -0.4 is 29.6 Å². The van der Waals surface area contributed by atoms with E-state index in [0.29, 0.717) is 5.39 Å². The Bertz CT molecular complexity index is 154. The van der Waals surface area contributed by atoms with Crippen LogP contribution in [-0.2, 0) is 25.9 Å². The van der Waals surface area contributed by atoms with Gasteiger partial charge in [0.1, 0.15) is 0 Å². The summed E-state index contributed by atoms with van der Waals surface area (Å²) in [5.41, 5.74) is 0. The second kappa shape index (κ2) is 20.1. The fourth-order valence-corrected chi connectivity index (χ4v) is 0.458. The molecule has 0 amide bonds. The van der Waals surface area contributed by atoms with Gasteiger partial charge in [0.25, 0.3) is 0 Å². The van der Waals surface area contributed by atoms with E-state index in [4.69, 9.17) is 43.1 Å². The van der Waals surface area contributed by atoms with Crippen LogP contribution in [0.2, 0.25) is 0 Å². The summed E-state index contributed by atoms with van der Waals surface area (Å²) in [4.78, 5) is 14.1. The normalized spacial score (nSPS) is 11.4. The summed E-state index contributed by atoms with van der Waals surface area (Å²) < 4.78 is 24.1. The molecule has 10 nitrogen and oxygen atoms in total. The number of aliphatic hydroxyl groups excluding tert-OH is 3. The summed E-state index contributed by atoms with van der Waals surface area (Å²) in [6.45, 7) is -0.505. The van der Waals surface area contributed by atoms with Crippen molar-refractivity contribution >= 4 is 11.4 Å². The second-order valence-corrected chi connectivity index (χ2v) is 2.55. The van der Waals surface area contributed by atoms with Gasteiger partial charge in [0.05, 0.1) is 56.4 Å². The summed E-state index contributed by atoms with van der Waals surface area (Å²) in [6.07, 6.45) is 0. The molecular weight excluding hydrogens is 285 g/mol. The molecule has 0 radical (unpaired) electrons. The summed E-state index contributed by atoms with van der Waals surface area (Å²) in [5, 5.41) is 25.9. The minimum atomic E-state index is -2.86. The summed E-state index contributed by atoms with van der Waals surface area (Å²) in [7, 11) is 0.